The average molecular weight is 309 g/mol. The van der Waals surface area contributed by atoms with Gasteiger partial charge >= 0.3 is 0 Å². The summed E-state index contributed by atoms with van der Waals surface area (Å²) in [5.74, 6) is 1.38. The highest BCUT2D eigenvalue weighted by Crippen LogP contribution is 2.24. The third kappa shape index (κ3) is 3.74. The lowest BCUT2D eigenvalue weighted by atomic mass is 10.1. The first-order valence-corrected chi connectivity index (χ1v) is 8.33. The van der Waals surface area contributed by atoms with Gasteiger partial charge in [-0.2, -0.15) is 0 Å². The van der Waals surface area contributed by atoms with Gasteiger partial charge in [0.05, 0.1) is 17.6 Å². The molecule has 0 radical (unpaired) electrons. The monoisotopic (exact) mass is 308 g/mol. The Morgan fingerprint density at radius 3 is 2.76 bits per heavy atom. The number of hydrogen-bond acceptors (Lipinski definition) is 3. The summed E-state index contributed by atoms with van der Waals surface area (Å²) in [6.45, 7) is 10.1. The fourth-order valence-corrected chi connectivity index (χ4v) is 3.05. The number of nitrogens with zero attached hydrogens (tertiary/aromatic N) is 4. The number of pyridine rings is 1. The van der Waals surface area contributed by atoms with E-state index >= 15 is 0 Å². The van der Waals surface area contributed by atoms with Crippen molar-refractivity contribution in [3.05, 3.63) is 24.3 Å². The van der Waals surface area contributed by atoms with Gasteiger partial charge in [-0.25, -0.2) is 4.98 Å². The maximum atomic E-state index is 6.07. The Kier molecular flexibility index (Phi) is 6.00. The summed E-state index contributed by atoms with van der Waals surface area (Å²) in [7, 11) is 0. The Hall–Kier alpha value is -1.13. The molecule has 0 spiro atoms. The van der Waals surface area contributed by atoms with Crippen molar-refractivity contribution in [2.75, 3.05) is 19.6 Å². The molecule has 1 unspecified atom stereocenters. The molecule has 0 N–H and O–H groups in total. The van der Waals surface area contributed by atoms with E-state index in [2.05, 4.69) is 40.2 Å². The summed E-state index contributed by atoms with van der Waals surface area (Å²) in [6, 6.07) is 2.43. The normalized spacial score (nSPS) is 13.2. The molecular weight excluding hydrogens is 284 g/mol. The third-order valence-electron chi connectivity index (χ3n) is 4.12. The first-order valence-electron chi connectivity index (χ1n) is 7.80. The minimum atomic E-state index is 0.404. The van der Waals surface area contributed by atoms with E-state index in [0.717, 1.165) is 42.9 Å². The van der Waals surface area contributed by atoms with Gasteiger partial charge < -0.3 is 9.47 Å². The summed E-state index contributed by atoms with van der Waals surface area (Å²) in [5, 5.41) is 0. The fraction of sp³-hybridized carbons (Fsp3) is 0.625. The van der Waals surface area contributed by atoms with Crippen molar-refractivity contribution in [2.24, 2.45) is 0 Å². The molecule has 0 saturated carbocycles. The maximum absolute atomic E-state index is 6.07. The zero-order valence-electron chi connectivity index (χ0n) is 13.2. The second-order valence-corrected chi connectivity index (χ2v) is 5.68. The predicted octanol–water partition coefficient (Wildman–Crippen LogP) is 3.85. The molecule has 0 aromatic carbocycles. The average Bonchev–Trinajstić information content (AvgIpc) is 2.90. The highest BCUT2D eigenvalue weighted by atomic mass is 35.5. The molecule has 4 nitrogen and oxygen atoms in total. The number of fused-ring (bicyclic) bond motifs is 1. The topological polar surface area (TPSA) is 34.0 Å². The SMILES string of the molecule is CCN(CC)CCCC(C)n1c(CCl)nc2cnccc21. The summed E-state index contributed by atoms with van der Waals surface area (Å²) in [5.41, 5.74) is 2.07. The zero-order valence-corrected chi connectivity index (χ0v) is 14.0. The Morgan fingerprint density at radius 1 is 1.33 bits per heavy atom. The second-order valence-electron chi connectivity index (χ2n) is 5.41. The number of aromatic nitrogens is 3. The first-order chi connectivity index (χ1) is 10.2. The summed E-state index contributed by atoms with van der Waals surface area (Å²) in [6.07, 6.45) is 5.95. The molecule has 0 saturated heterocycles. The van der Waals surface area contributed by atoms with E-state index in [-0.39, 0.29) is 0 Å². The number of halogens is 1. The van der Waals surface area contributed by atoms with Crippen LogP contribution in [0.5, 0.6) is 0 Å². The van der Waals surface area contributed by atoms with Crippen LogP contribution >= 0.6 is 11.6 Å². The van der Waals surface area contributed by atoms with Gasteiger partial charge in [-0.1, -0.05) is 13.8 Å². The van der Waals surface area contributed by atoms with Crippen molar-refractivity contribution in [1.29, 1.82) is 0 Å². The largest absolute Gasteiger partial charge is 0.324 e. The van der Waals surface area contributed by atoms with Gasteiger partial charge in [0.1, 0.15) is 11.3 Å². The van der Waals surface area contributed by atoms with Gasteiger partial charge in [0.15, 0.2) is 0 Å². The maximum Gasteiger partial charge on any atom is 0.125 e. The molecule has 21 heavy (non-hydrogen) atoms. The summed E-state index contributed by atoms with van der Waals surface area (Å²) >= 11 is 6.07. The number of alkyl halides is 1. The molecule has 2 rings (SSSR count). The van der Waals surface area contributed by atoms with Gasteiger partial charge in [0.25, 0.3) is 0 Å². The lowest BCUT2D eigenvalue weighted by Gasteiger charge is -2.21. The number of imidazole rings is 1. The molecule has 2 heterocycles. The lowest BCUT2D eigenvalue weighted by Crippen LogP contribution is -2.24. The summed E-state index contributed by atoms with van der Waals surface area (Å²) < 4.78 is 2.27. The van der Waals surface area contributed by atoms with Crippen LogP contribution < -0.4 is 0 Å². The molecule has 0 aliphatic carbocycles. The Labute approximate surface area is 132 Å². The Bertz CT molecular complexity index is 562. The highest BCUT2D eigenvalue weighted by Gasteiger charge is 2.15. The van der Waals surface area contributed by atoms with E-state index in [1.54, 1.807) is 0 Å². The van der Waals surface area contributed by atoms with Gasteiger partial charge in [0, 0.05) is 12.2 Å². The summed E-state index contributed by atoms with van der Waals surface area (Å²) in [4.78, 5) is 11.2. The molecule has 0 bridgehead atoms. The standard InChI is InChI=1S/C16H25ClN4/c1-4-20(5-2)10-6-7-13(3)21-15-8-9-18-12-14(15)19-16(21)11-17/h8-9,12-13H,4-7,10-11H2,1-3H3. The minimum absolute atomic E-state index is 0.404. The van der Waals surface area contributed by atoms with E-state index in [1.807, 2.05) is 18.5 Å². The molecule has 2 aromatic rings. The van der Waals surface area contributed by atoms with E-state index in [4.69, 9.17) is 11.6 Å². The van der Waals surface area contributed by atoms with Crippen LogP contribution in [0.15, 0.2) is 18.5 Å². The quantitative estimate of drug-likeness (QED) is 0.695. The van der Waals surface area contributed by atoms with Gasteiger partial charge in [-0.05, 0) is 45.5 Å². The van der Waals surface area contributed by atoms with Crippen molar-refractivity contribution in [2.45, 2.75) is 45.5 Å². The van der Waals surface area contributed by atoms with Crippen LogP contribution in [0.1, 0.15) is 45.5 Å². The molecule has 0 fully saturated rings. The van der Waals surface area contributed by atoms with Gasteiger partial charge in [0.2, 0.25) is 0 Å². The lowest BCUT2D eigenvalue weighted by molar-refractivity contribution is 0.288. The fourth-order valence-electron chi connectivity index (χ4n) is 2.87. The Balaban J connectivity index is 2.09. The molecule has 0 amide bonds. The first kappa shape index (κ1) is 16.2. The highest BCUT2D eigenvalue weighted by molar-refractivity contribution is 6.16. The van der Waals surface area contributed by atoms with E-state index in [0.29, 0.717) is 11.9 Å². The van der Waals surface area contributed by atoms with E-state index < -0.39 is 0 Å². The van der Waals surface area contributed by atoms with Crippen molar-refractivity contribution in [3.63, 3.8) is 0 Å². The third-order valence-corrected chi connectivity index (χ3v) is 4.35. The van der Waals surface area contributed by atoms with Crippen molar-refractivity contribution >= 4 is 22.6 Å². The van der Waals surface area contributed by atoms with Crippen LogP contribution in [0.25, 0.3) is 11.0 Å². The van der Waals surface area contributed by atoms with Crippen LogP contribution in [0.2, 0.25) is 0 Å². The predicted molar refractivity (Wildman–Crippen MR) is 88.8 cm³/mol. The molecule has 5 heteroatoms. The van der Waals surface area contributed by atoms with Gasteiger partial charge in [-0.15, -0.1) is 11.6 Å². The van der Waals surface area contributed by atoms with Crippen molar-refractivity contribution < 1.29 is 0 Å². The molecule has 0 aliphatic heterocycles. The second kappa shape index (κ2) is 7.76. The van der Waals surface area contributed by atoms with Crippen LogP contribution in [0, 0.1) is 0 Å². The number of hydrogen-bond donors (Lipinski definition) is 0. The number of rotatable bonds is 8. The van der Waals surface area contributed by atoms with E-state index in [1.165, 1.54) is 6.42 Å². The van der Waals surface area contributed by atoms with Crippen LogP contribution in [-0.2, 0) is 5.88 Å². The molecule has 0 aliphatic rings. The molecule has 1 atom stereocenters. The zero-order chi connectivity index (χ0) is 15.2. The molecular formula is C16H25ClN4. The smallest absolute Gasteiger partial charge is 0.125 e. The molecule has 2 aromatic heterocycles. The molecule has 116 valence electrons. The van der Waals surface area contributed by atoms with Gasteiger partial charge in [-0.3, -0.25) is 4.98 Å². The van der Waals surface area contributed by atoms with E-state index in [9.17, 15) is 0 Å². The van der Waals surface area contributed by atoms with Crippen molar-refractivity contribution in [3.8, 4) is 0 Å². The van der Waals surface area contributed by atoms with Crippen molar-refractivity contribution in [1.82, 2.24) is 19.4 Å². The van der Waals surface area contributed by atoms with Crippen LogP contribution in [0.4, 0.5) is 0 Å². The van der Waals surface area contributed by atoms with Crippen LogP contribution in [-0.4, -0.2) is 39.1 Å². The minimum Gasteiger partial charge on any atom is -0.324 e. The Morgan fingerprint density at radius 2 is 2.10 bits per heavy atom. The van der Waals surface area contributed by atoms with Crippen LogP contribution in [0.3, 0.4) is 0 Å².